The lowest BCUT2D eigenvalue weighted by molar-refractivity contribution is -0.671. The molecule has 0 radical (unpaired) electrons. The highest BCUT2D eigenvalue weighted by Gasteiger charge is 2.45. The van der Waals surface area contributed by atoms with Crippen molar-refractivity contribution in [1.29, 1.82) is 0 Å². The van der Waals surface area contributed by atoms with E-state index in [0.717, 1.165) is 9.13 Å². The van der Waals surface area contributed by atoms with Gasteiger partial charge in [0.15, 0.2) is 5.71 Å². The minimum absolute atomic E-state index is 0.214. The molecule has 31 heavy (non-hydrogen) atoms. The molecular formula is C18H21BF4IN3O4. The molecule has 2 heterocycles. The Morgan fingerprint density at radius 2 is 2.10 bits per heavy atom. The predicted octanol–water partition coefficient (Wildman–Crippen LogP) is 3.43. The van der Waals surface area contributed by atoms with Gasteiger partial charge in [-0.05, 0) is 41.6 Å². The van der Waals surface area contributed by atoms with Crippen molar-refractivity contribution < 1.29 is 40.9 Å². The van der Waals surface area contributed by atoms with Gasteiger partial charge in [-0.15, -0.1) is 0 Å². The van der Waals surface area contributed by atoms with E-state index in [2.05, 4.69) is 27.7 Å². The van der Waals surface area contributed by atoms with E-state index in [9.17, 15) is 22.1 Å². The molecule has 1 unspecified atom stereocenters. The maximum absolute atomic E-state index is 12.0. The van der Waals surface area contributed by atoms with E-state index in [-0.39, 0.29) is 12.1 Å². The molecule has 0 saturated carbocycles. The van der Waals surface area contributed by atoms with Crippen LogP contribution in [-0.4, -0.2) is 36.7 Å². The van der Waals surface area contributed by atoms with Gasteiger partial charge in [-0.3, -0.25) is 0 Å². The molecule has 0 N–H and O–H groups in total. The van der Waals surface area contributed by atoms with Gasteiger partial charge in [0, 0.05) is 9.13 Å². The fourth-order valence-electron chi connectivity index (χ4n) is 2.73. The number of aromatic nitrogens is 2. The van der Waals surface area contributed by atoms with Crippen LogP contribution < -0.4 is 4.57 Å². The maximum atomic E-state index is 12.0. The summed E-state index contributed by atoms with van der Waals surface area (Å²) in [6.45, 7) is 3.12. The standard InChI is InChI=1S/C18H21IN3O4.BF4/c1-3-24-17(23)16-12-18(26-20-16,14-5-4-6-15(19)11-14)25-10-9-22-8-7-21(2)13-22;2-1(3,4)5/h4-8,11,13H,3,9-10,12H2,1-2H3;/q+1;-1. The molecule has 0 aliphatic carbocycles. The number of imidazole rings is 1. The van der Waals surface area contributed by atoms with E-state index < -0.39 is 19.0 Å². The van der Waals surface area contributed by atoms with Crippen molar-refractivity contribution >= 4 is 41.5 Å². The van der Waals surface area contributed by atoms with Crippen LogP contribution in [0.1, 0.15) is 18.9 Å². The predicted molar refractivity (Wildman–Crippen MR) is 112 cm³/mol. The molecule has 1 aliphatic rings. The number of oxime groups is 1. The minimum atomic E-state index is -6.00. The molecule has 1 atom stereocenters. The number of benzene rings is 1. The third-order valence-electron chi connectivity index (χ3n) is 3.99. The van der Waals surface area contributed by atoms with E-state index in [0.29, 0.717) is 19.8 Å². The molecule has 0 saturated heterocycles. The largest absolute Gasteiger partial charge is 0.673 e. The van der Waals surface area contributed by atoms with E-state index in [1.54, 1.807) is 6.92 Å². The molecular weight excluding hydrogens is 536 g/mol. The van der Waals surface area contributed by atoms with Crippen LogP contribution in [0.15, 0.2) is 48.1 Å². The topological polar surface area (TPSA) is 65.9 Å². The van der Waals surface area contributed by atoms with Crippen molar-refractivity contribution in [3.05, 3.63) is 52.1 Å². The smallest absolute Gasteiger partial charge is 0.461 e. The molecule has 1 aliphatic heterocycles. The van der Waals surface area contributed by atoms with Crippen LogP contribution in [0.4, 0.5) is 17.3 Å². The lowest BCUT2D eigenvalue weighted by Gasteiger charge is -2.27. The summed E-state index contributed by atoms with van der Waals surface area (Å²) in [5, 5.41) is 3.95. The zero-order valence-corrected chi connectivity index (χ0v) is 19.0. The molecule has 0 amide bonds. The fourth-order valence-corrected chi connectivity index (χ4v) is 3.27. The van der Waals surface area contributed by atoms with Gasteiger partial charge >= 0.3 is 13.2 Å². The van der Waals surface area contributed by atoms with Gasteiger partial charge in [0.1, 0.15) is 18.9 Å². The first-order valence-corrected chi connectivity index (χ1v) is 10.3. The highest BCUT2D eigenvalue weighted by atomic mass is 127. The molecule has 13 heteroatoms. The van der Waals surface area contributed by atoms with Gasteiger partial charge in [-0.1, -0.05) is 17.3 Å². The normalized spacial score (nSPS) is 18.0. The maximum Gasteiger partial charge on any atom is 0.673 e. The van der Waals surface area contributed by atoms with Crippen LogP contribution in [0, 0.1) is 3.57 Å². The van der Waals surface area contributed by atoms with Crippen molar-refractivity contribution in [3.8, 4) is 0 Å². The zero-order valence-electron chi connectivity index (χ0n) is 16.8. The Bertz CT molecular complexity index is 919. The van der Waals surface area contributed by atoms with Crippen molar-refractivity contribution in [2.24, 2.45) is 12.2 Å². The SMILES string of the molecule is CCOC(=O)C1=NOC(OCCn2cc[n+](C)c2)(c2cccc(I)c2)C1.F[B-](F)(F)F. The van der Waals surface area contributed by atoms with Crippen LogP contribution in [0.5, 0.6) is 0 Å². The minimum Gasteiger partial charge on any atom is -0.461 e. The number of aryl methyl sites for hydroxylation is 1. The summed E-state index contributed by atoms with van der Waals surface area (Å²) >= 11 is 2.23. The van der Waals surface area contributed by atoms with Crippen LogP contribution in [0.3, 0.4) is 0 Å². The Balaban J connectivity index is 0.000000614. The summed E-state index contributed by atoms with van der Waals surface area (Å²) in [4.78, 5) is 17.7. The average Bonchev–Trinajstić information content (AvgIpc) is 3.28. The number of carbonyl (C=O) groups excluding carboxylic acids is 1. The van der Waals surface area contributed by atoms with E-state index >= 15 is 0 Å². The third kappa shape index (κ3) is 8.13. The number of nitrogens with zero attached hydrogens (tertiary/aromatic N) is 3. The second kappa shape index (κ2) is 10.9. The van der Waals surface area contributed by atoms with Gasteiger partial charge in [-0.2, -0.15) is 0 Å². The molecule has 7 nitrogen and oxygen atoms in total. The summed E-state index contributed by atoms with van der Waals surface area (Å²) in [5.41, 5.74) is 1.06. The van der Waals surface area contributed by atoms with Crippen LogP contribution in [-0.2, 0) is 38.5 Å². The van der Waals surface area contributed by atoms with Gasteiger partial charge < -0.3 is 31.6 Å². The molecule has 2 aromatic rings. The van der Waals surface area contributed by atoms with Crippen molar-refractivity contribution in [3.63, 3.8) is 0 Å². The summed E-state index contributed by atoms with van der Waals surface area (Å²) in [5.74, 6) is -1.58. The summed E-state index contributed by atoms with van der Waals surface area (Å²) in [7, 11) is -4.04. The molecule has 1 aromatic heterocycles. The van der Waals surface area contributed by atoms with Crippen molar-refractivity contribution in [1.82, 2.24) is 4.57 Å². The Hall–Kier alpha value is -2.16. The summed E-state index contributed by atoms with van der Waals surface area (Å²) in [6, 6.07) is 7.81. The van der Waals surface area contributed by atoms with E-state index in [1.165, 1.54) is 0 Å². The Labute approximate surface area is 190 Å². The molecule has 0 fully saturated rings. The summed E-state index contributed by atoms with van der Waals surface area (Å²) in [6.07, 6.45) is 6.11. The van der Waals surface area contributed by atoms with Gasteiger partial charge in [0.2, 0.25) is 6.33 Å². The number of esters is 1. The fraction of sp³-hybridized carbons (Fsp3) is 0.389. The highest BCUT2D eigenvalue weighted by molar-refractivity contribution is 14.1. The monoisotopic (exact) mass is 557 g/mol. The Morgan fingerprint density at radius 3 is 2.68 bits per heavy atom. The molecule has 3 rings (SSSR count). The van der Waals surface area contributed by atoms with E-state index in [4.69, 9.17) is 14.3 Å². The lowest BCUT2D eigenvalue weighted by atomic mass is 10.0. The highest BCUT2D eigenvalue weighted by Crippen LogP contribution is 2.37. The van der Waals surface area contributed by atoms with Crippen molar-refractivity contribution in [2.45, 2.75) is 25.7 Å². The zero-order chi connectivity index (χ0) is 23.1. The van der Waals surface area contributed by atoms with Gasteiger partial charge in [-0.25, -0.2) is 13.9 Å². The molecule has 170 valence electrons. The quantitative estimate of drug-likeness (QED) is 0.172. The molecule has 0 bridgehead atoms. The second-order valence-electron chi connectivity index (χ2n) is 6.45. The lowest BCUT2D eigenvalue weighted by Crippen LogP contribution is -2.33. The summed E-state index contributed by atoms with van der Waals surface area (Å²) < 4.78 is 55.2. The van der Waals surface area contributed by atoms with Gasteiger partial charge in [0.05, 0.1) is 26.7 Å². The first-order valence-electron chi connectivity index (χ1n) is 9.23. The van der Waals surface area contributed by atoms with Crippen LogP contribution >= 0.6 is 22.6 Å². The first kappa shape index (κ1) is 25.1. The number of carbonyl (C=O) groups is 1. The van der Waals surface area contributed by atoms with E-state index in [1.807, 2.05) is 59.2 Å². The number of hydrogen-bond acceptors (Lipinski definition) is 5. The van der Waals surface area contributed by atoms with Crippen LogP contribution in [0.25, 0.3) is 0 Å². The average molecular weight is 557 g/mol. The van der Waals surface area contributed by atoms with Crippen molar-refractivity contribution in [2.75, 3.05) is 13.2 Å². The Kier molecular flexibility index (Phi) is 8.85. The number of rotatable bonds is 7. The van der Waals surface area contributed by atoms with Gasteiger partial charge in [0.25, 0.3) is 5.79 Å². The Morgan fingerprint density at radius 1 is 1.39 bits per heavy atom. The number of ether oxygens (including phenoxy) is 2. The number of hydrogen-bond donors (Lipinski definition) is 0. The first-order chi connectivity index (χ1) is 14.5. The van der Waals surface area contributed by atoms with Crippen LogP contribution in [0.2, 0.25) is 0 Å². The number of halogens is 5. The second-order valence-corrected chi connectivity index (χ2v) is 7.70. The molecule has 0 spiro atoms. The molecule has 1 aromatic carbocycles. The third-order valence-corrected chi connectivity index (χ3v) is 4.66.